The SMILES string of the molecule is COC(=O)CCC=CCCC1CC1. The number of allylic oxidation sites excluding steroid dienone is 2. The summed E-state index contributed by atoms with van der Waals surface area (Å²) >= 11 is 0. The Bertz CT molecular complexity index is 181. The normalized spacial score (nSPS) is 16.4. The molecule has 13 heavy (non-hydrogen) atoms. The van der Waals surface area contributed by atoms with Crippen molar-refractivity contribution in [2.45, 2.75) is 38.5 Å². The zero-order chi connectivity index (χ0) is 9.52. The van der Waals surface area contributed by atoms with E-state index in [4.69, 9.17) is 0 Å². The van der Waals surface area contributed by atoms with Crippen LogP contribution in [0.25, 0.3) is 0 Å². The molecule has 1 saturated carbocycles. The molecule has 0 aromatic rings. The molecule has 0 aromatic heterocycles. The molecular weight excluding hydrogens is 164 g/mol. The fourth-order valence-corrected chi connectivity index (χ4v) is 1.28. The minimum Gasteiger partial charge on any atom is -0.469 e. The van der Waals surface area contributed by atoms with Crippen LogP contribution in [0.5, 0.6) is 0 Å². The van der Waals surface area contributed by atoms with Crippen LogP contribution in [0, 0.1) is 5.92 Å². The molecule has 1 rings (SSSR count). The zero-order valence-corrected chi connectivity index (χ0v) is 8.29. The fraction of sp³-hybridized carbons (Fsp3) is 0.727. The average Bonchev–Trinajstić information content (AvgIpc) is 2.94. The van der Waals surface area contributed by atoms with Crippen molar-refractivity contribution in [3.63, 3.8) is 0 Å². The van der Waals surface area contributed by atoms with E-state index in [9.17, 15) is 4.79 Å². The Morgan fingerprint density at radius 3 is 2.69 bits per heavy atom. The van der Waals surface area contributed by atoms with Crippen molar-refractivity contribution in [1.82, 2.24) is 0 Å². The lowest BCUT2D eigenvalue weighted by Gasteiger charge is -1.94. The zero-order valence-electron chi connectivity index (χ0n) is 8.29. The maximum atomic E-state index is 10.7. The van der Waals surface area contributed by atoms with Gasteiger partial charge in [-0.05, 0) is 25.2 Å². The van der Waals surface area contributed by atoms with Gasteiger partial charge in [0, 0.05) is 6.42 Å². The molecule has 0 bridgehead atoms. The second-order valence-corrected chi connectivity index (χ2v) is 3.61. The fourth-order valence-electron chi connectivity index (χ4n) is 1.28. The molecule has 0 atom stereocenters. The van der Waals surface area contributed by atoms with Gasteiger partial charge >= 0.3 is 5.97 Å². The Balaban J connectivity index is 1.88. The highest BCUT2D eigenvalue weighted by Crippen LogP contribution is 2.33. The molecule has 0 spiro atoms. The van der Waals surface area contributed by atoms with Crippen molar-refractivity contribution < 1.29 is 9.53 Å². The summed E-state index contributed by atoms with van der Waals surface area (Å²) in [6, 6.07) is 0. The maximum absolute atomic E-state index is 10.7. The number of ether oxygens (including phenoxy) is 1. The summed E-state index contributed by atoms with van der Waals surface area (Å²) in [4.78, 5) is 10.7. The van der Waals surface area contributed by atoms with Gasteiger partial charge in [-0.1, -0.05) is 25.0 Å². The van der Waals surface area contributed by atoms with E-state index in [1.165, 1.54) is 32.8 Å². The van der Waals surface area contributed by atoms with E-state index in [1.807, 2.05) is 0 Å². The van der Waals surface area contributed by atoms with E-state index in [2.05, 4.69) is 16.9 Å². The van der Waals surface area contributed by atoms with Gasteiger partial charge in [0.05, 0.1) is 7.11 Å². The van der Waals surface area contributed by atoms with Gasteiger partial charge in [-0.25, -0.2) is 0 Å². The van der Waals surface area contributed by atoms with Crippen molar-refractivity contribution in [2.24, 2.45) is 5.92 Å². The van der Waals surface area contributed by atoms with Crippen LogP contribution >= 0.6 is 0 Å². The van der Waals surface area contributed by atoms with Gasteiger partial charge in [0.1, 0.15) is 0 Å². The van der Waals surface area contributed by atoms with E-state index in [0.717, 1.165) is 12.3 Å². The molecule has 0 unspecified atom stereocenters. The van der Waals surface area contributed by atoms with Gasteiger partial charge in [-0.15, -0.1) is 0 Å². The Kier molecular flexibility index (Phi) is 4.58. The summed E-state index contributed by atoms with van der Waals surface area (Å²) in [6.45, 7) is 0. The summed E-state index contributed by atoms with van der Waals surface area (Å²) < 4.78 is 4.53. The molecule has 0 radical (unpaired) electrons. The number of hydrogen-bond donors (Lipinski definition) is 0. The first-order valence-electron chi connectivity index (χ1n) is 5.04. The highest BCUT2D eigenvalue weighted by Gasteiger charge is 2.19. The number of carbonyl (C=O) groups excluding carboxylic acids is 1. The first-order valence-corrected chi connectivity index (χ1v) is 5.04. The van der Waals surface area contributed by atoms with E-state index in [0.29, 0.717) is 6.42 Å². The van der Waals surface area contributed by atoms with Crippen molar-refractivity contribution in [3.8, 4) is 0 Å². The van der Waals surface area contributed by atoms with Gasteiger partial charge < -0.3 is 4.74 Å². The van der Waals surface area contributed by atoms with Crippen LogP contribution in [0.2, 0.25) is 0 Å². The highest BCUT2D eigenvalue weighted by atomic mass is 16.5. The number of methoxy groups -OCH3 is 1. The Morgan fingerprint density at radius 2 is 2.08 bits per heavy atom. The van der Waals surface area contributed by atoms with Crippen molar-refractivity contribution in [1.29, 1.82) is 0 Å². The van der Waals surface area contributed by atoms with Crippen molar-refractivity contribution >= 4 is 5.97 Å². The third-order valence-corrected chi connectivity index (χ3v) is 2.35. The molecule has 0 saturated heterocycles. The van der Waals surface area contributed by atoms with E-state index in [-0.39, 0.29) is 5.97 Å². The Hall–Kier alpha value is -0.790. The summed E-state index contributed by atoms with van der Waals surface area (Å²) in [7, 11) is 1.43. The molecule has 2 heteroatoms. The summed E-state index contributed by atoms with van der Waals surface area (Å²) in [5.41, 5.74) is 0. The van der Waals surface area contributed by atoms with Gasteiger partial charge in [-0.3, -0.25) is 4.79 Å². The second kappa shape index (κ2) is 5.79. The van der Waals surface area contributed by atoms with Gasteiger partial charge in [-0.2, -0.15) is 0 Å². The minimum absolute atomic E-state index is 0.119. The molecule has 1 fully saturated rings. The third kappa shape index (κ3) is 5.45. The predicted molar refractivity (Wildman–Crippen MR) is 52.3 cm³/mol. The second-order valence-electron chi connectivity index (χ2n) is 3.61. The Morgan fingerprint density at radius 1 is 1.38 bits per heavy atom. The van der Waals surface area contributed by atoms with Crippen molar-refractivity contribution in [2.75, 3.05) is 7.11 Å². The Labute approximate surface area is 80.0 Å². The summed E-state index contributed by atoms with van der Waals surface area (Å²) in [6.07, 6.45) is 10.9. The lowest BCUT2D eigenvalue weighted by atomic mass is 10.2. The van der Waals surface area contributed by atoms with E-state index in [1.54, 1.807) is 0 Å². The third-order valence-electron chi connectivity index (χ3n) is 2.35. The minimum atomic E-state index is -0.119. The molecule has 0 amide bonds. The number of rotatable bonds is 6. The first-order chi connectivity index (χ1) is 6.33. The number of hydrogen-bond acceptors (Lipinski definition) is 2. The molecule has 0 aromatic carbocycles. The van der Waals surface area contributed by atoms with E-state index < -0.39 is 0 Å². The summed E-state index contributed by atoms with van der Waals surface area (Å²) in [5.74, 6) is 0.886. The lowest BCUT2D eigenvalue weighted by molar-refractivity contribution is -0.140. The van der Waals surface area contributed by atoms with Crippen molar-refractivity contribution in [3.05, 3.63) is 12.2 Å². The summed E-state index contributed by atoms with van der Waals surface area (Å²) in [5, 5.41) is 0. The van der Waals surface area contributed by atoms with Crippen LogP contribution in [0.3, 0.4) is 0 Å². The number of esters is 1. The largest absolute Gasteiger partial charge is 0.469 e. The van der Waals surface area contributed by atoms with Crippen LogP contribution in [0.4, 0.5) is 0 Å². The quantitative estimate of drug-likeness (QED) is 0.466. The van der Waals surface area contributed by atoms with Crippen LogP contribution < -0.4 is 0 Å². The standard InChI is InChI=1S/C11H18O2/c1-13-11(12)7-5-3-2-4-6-10-8-9-10/h2-3,10H,4-9H2,1H3. The maximum Gasteiger partial charge on any atom is 0.305 e. The molecule has 0 heterocycles. The lowest BCUT2D eigenvalue weighted by Crippen LogP contribution is -1.97. The average molecular weight is 182 g/mol. The highest BCUT2D eigenvalue weighted by molar-refractivity contribution is 5.69. The predicted octanol–water partition coefficient (Wildman–Crippen LogP) is 2.69. The molecule has 1 aliphatic carbocycles. The molecule has 74 valence electrons. The molecule has 0 aliphatic heterocycles. The van der Waals surface area contributed by atoms with Crippen LogP contribution in [0.15, 0.2) is 12.2 Å². The van der Waals surface area contributed by atoms with Gasteiger partial charge in [0.15, 0.2) is 0 Å². The molecule has 2 nitrogen and oxygen atoms in total. The van der Waals surface area contributed by atoms with Gasteiger partial charge in [0.2, 0.25) is 0 Å². The van der Waals surface area contributed by atoms with E-state index >= 15 is 0 Å². The molecule has 1 aliphatic rings. The van der Waals surface area contributed by atoms with Crippen LogP contribution in [-0.4, -0.2) is 13.1 Å². The smallest absolute Gasteiger partial charge is 0.305 e. The van der Waals surface area contributed by atoms with Crippen LogP contribution in [0.1, 0.15) is 38.5 Å². The van der Waals surface area contributed by atoms with Crippen LogP contribution in [-0.2, 0) is 9.53 Å². The first kappa shape index (κ1) is 10.3. The molecular formula is C11H18O2. The molecule has 0 N–H and O–H groups in total. The topological polar surface area (TPSA) is 26.3 Å². The number of carbonyl (C=O) groups is 1. The monoisotopic (exact) mass is 182 g/mol. The van der Waals surface area contributed by atoms with Gasteiger partial charge in [0.25, 0.3) is 0 Å².